The molecule has 2 heterocycles. The highest BCUT2D eigenvalue weighted by Crippen LogP contribution is 2.25. The van der Waals surface area contributed by atoms with Crippen molar-refractivity contribution in [3.05, 3.63) is 59.5 Å². The van der Waals surface area contributed by atoms with Crippen molar-refractivity contribution >= 4 is 29.1 Å². The molecule has 2 aromatic heterocycles. The topological polar surface area (TPSA) is 98.7 Å². The number of aromatic amines is 1. The third kappa shape index (κ3) is 3.77. The van der Waals surface area contributed by atoms with Crippen LogP contribution in [-0.2, 0) is 0 Å². The van der Waals surface area contributed by atoms with E-state index >= 15 is 0 Å². The molecule has 1 atom stereocenters. The Morgan fingerprint density at radius 2 is 2.04 bits per heavy atom. The largest absolute Gasteiger partial charge is 0.394 e. The van der Waals surface area contributed by atoms with Crippen molar-refractivity contribution in [2.24, 2.45) is 0 Å². The van der Waals surface area contributed by atoms with E-state index in [2.05, 4.69) is 30.8 Å². The van der Waals surface area contributed by atoms with Crippen LogP contribution in [0.25, 0.3) is 0 Å². The molecule has 1 unspecified atom stereocenters. The number of aromatic nitrogens is 4. The van der Waals surface area contributed by atoms with Crippen molar-refractivity contribution in [3.8, 4) is 0 Å². The lowest BCUT2D eigenvalue weighted by atomic mass is 10.1. The number of nitrogens with one attached hydrogen (secondary N) is 3. The zero-order valence-electron chi connectivity index (χ0n) is 12.1. The maximum atomic E-state index is 9.63. The summed E-state index contributed by atoms with van der Waals surface area (Å²) in [5.74, 6) is 0.818. The molecule has 0 fully saturated rings. The minimum Gasteiger partial charge on any atom is -0.394 e. The first kappa shape index (κ1) is 15.3. The fourth-order valence-corrected chi connectivity index (χ4v) is 2.21. The van der Waals surface area contributed by atoms with E-state index in [-0.39, 0.29) is 12.6 Å². The van der Waals surface area contributed by atoms with Gasteiger partial charge in [-0.05, 0) is 5.56 Å². The Kier molecular flexibility index (Phi) is 4.70. The van der Waals surface area contributed by atoms with Crippen LogP contribution in [0.3, 0.4) is 0 Å². The summed E-state index contributed by atoms with van der Waals surface area (Å²) >= 11 is 6.15. The van der Waals surface area contributed by atoms with Crippen LogP contribution in [0.2, 0.25) is 5.02 Å². The average Bonchev–Trinajstić information content (AvgIpc) is 3.09. The van der Waals surface area contributed by atoms with Crippen LogP contribution in [0.1, 0.15) is 11.6 Å². The molecule has 0 saturated heterocycles. The molecule has 0 aliphatic rings. The first-order chi connectivity index (χ1) is 11.3. The first-order valence-electron chi connectivity index (χ1n) is 6.97. The summed E-state index contributed by atoms with van der Waals surface area (Å²) in [6.45, 7) is -0.0885. The van der Waals surface area contributed by atoms with E-state index in [0.29, 0.717) is 16.8 Å². The normalized spacial score (nSPS) is 11.9. The molecule has 7 nitrogen and oxygen atoms in total. The van der Waals surface area contributed by atoms with Crippen molar-refractivity contribution in [2.45, 2.75) is 6.04 Å². The van der Waals surface area contributed by atoms with Gasteiger partial charge in [0.25, 0.3) is 0 Å². The minimum absolute atomic E-state index is 0.0885. The fraction of sp³-hybridized carbons (Fsp3) is 0.133. The lowest BCUT2D eigenvalue weighted by molar-refractivity contribution is 0.276. The Morgan fingerprint density at radius 1 is 1.22 bits per heavy atom. The molecule has 0 saturated carbocycles. The van der Waals surface area contributed by atoms with Crippen molar-refractivity contribution in [1.82, 2.24) is 20.2 Å². The summed E-state index contributed by atoms with van der Waals surface area (Å²) < 4.78 is 0. The van der Waals surface area contributed by atoms with Gasteiger partial charge >= 0.3 is 0 Å². The molecule has 118 valence electrons. The van der Waals surface area contributed by atoms with Crippen LogP contribution in [0.5, 0.6) is 0 Å². The molecule has 4 N–H and O–H groups in total. The summed E-state index contributed by atoms with van der Waals surface area (Å²) in [6.07, 6.45) is 4.80. The maximum Gasteiger partial charge on any atom is 0.229 e. The predicted octanol–water partition coefficient (Wildman–Crippen LogP) is 2.74. The van der Waals surface area contributed by atoms with Crippen LogP contribution in [0.15, 0.2) is 48.9 Å². The van der Waals surface area contributed by atoms with Gasteiger partial charge in [0.05, 0.1) is 30.7 Å². The van der Waals surface area contributed by atoms with E-state index in [9.17, 15) is 5.11 Å². The van der Waals surface area contributed by atoms with Crippen molar-refractivity contribution in [2.75, 3.05) is 17.2 Å². The number of aliphatic hydroxyl groups is 1. The first-order valence-corrected chi connectivity index (χ1v) is 7.34. The Labute approximate surface area is 137 Å². The fourth-order valence-electron chi connectivity index (χ4n) is 2.06. The Hall–Kier alpha value is -2.64. The van der Waals surface area contributed by atoms with E-state index < -0.39 is 0 Å². The second kappa shape index (κ2) is 7.08. The molecular weight excluding hydrogens is 316 g/mol. The number of benzene rings is 1. The van der Waals surface area contributed by atoms with E-state index in [1.54, 1.807) is 12.4 Å². The number of nitrogens with zero attached hydrogens (tertiary/aromatic N) is 3. The van der Waals surface area contributed by atoms with Crippen LogP contribution in [-0.4, -0.2) is 31.9 Å². The van der Waals surface area contributed by atoms with Gasteiger partial charge in [-0.3, -0.25) is 5.10 Å². The highest BCUT2D eigenvalue weighted by atomic mass is 35.5. The molecule has 0 bridgehead atoms. The van der Waals surface area contributed by atoms with E-state index in [1.165, 1.54) is 6.20 Å². The Morgan fingerprint density at radius 3 is 2.74 bits per heavy atom. The summed E-state index contributed by atoms with van der Waals surface area (Å²) in [6, 6.07) is 9.27. The maximum absolute atomic E-state index is 9.63. The van der Waals surface area contributed by atoms with Crippen LogP contribution in [0, 0.1) is 0 Å². The van der Waals surface area contributed by atoms with E-state index in [1.807, 2.05) is 30.3 Å². The number of rotatable bonds is 6. The molecule has 0 aliphatic heterocycles. The molecule has 3 rings (SSSR count). The zero-order valence-corrected chi connectivity index (χ0v) is 12.8. The molecule has 8 heteroatoms. The molecule has 23 heavy (non-hydrogen) atoms. The third-order valence-corrected chi connectivity index (χ3v) is 3.47. The predicted molar refractivity (Wildman–Crippen MR) is 88.8 cm³/mol. The van der Waals surface area contributed by atoms with Crippen molar-refractivity contribution in [3.63, 3.8) is 0 Å². The zero-order chi connectivity index (χ0) is 16.1. The number of hydrogen-bond donors (Lipinski definition) is 4. The third-order valence-electron chi connectivity index (χ3n) is 3.19. The van der Waals surface area contributed by atoms with Gasteiger partial charge in [-0.1, -0.05) is 41.9 Å². The SMILES string of the molecule is OCC(Nc1nc(Nc2cn[nH]c2)ncc1Cl)c1ccccc1. The minimum atomic E-state index is -0.314. The molecule has 0 amide bonds. The van der Waals surface area contributed by atoms with Crippen molar-refractivity contribution in [1.29, 1.82) is 0 Å². The highest BCUT2D eigenvalue weighted by molar-refractivity contribution is 6.32. The van der Waals surface area contributed by atoms with Gasteiger partial charge in [0, 0.05) is 6.20 Å². The van der Waals surface area contributed by atoms with Gasteiger partial charge in [0.15, 0.2) is 5.82 Å². The summed E-state index contributed by atoms with van der Waals surface area (Å²) in [5.41, 5.74) is 1.68. The van der Waals surface area contributed by atoms with Crippen LogP contribution < -0.4 is 10.6 Å². The molecule has 0 spiro atoms. The lowest BCUT2D eigenvalue weighted by Gasteiger charge is -2.18. The second-order valence-corrected chi connectivity index (χ2v) is 5.20. The molecule has 1 aromatic carbocycles. The highest BCUT2D eigenvalue weighted by Gasteiger charge is 2.14. The standard InChI is InChI=1S/C15H15ClN6O/c16-12-8-17-15(20-11-6-18-19-7-11)22-14(12)21-13(9-23)10-4-2-1-3-5-10/h1-8,13,23H,9H2,(H,18,19)(H2,17,20,21,22). The average molecular weight is 331 g/mol. The monoisotopic (exact) mass is 330 g/mol. The summed E-state index contributed by atoms with van der Waals surface area (Å²) in [7, 11) is 0. The smallest absolute Gasteiger partial charge is 0.229 e. The lowest BCUT2D eigenvalue weighted by Crippen LogP contribution is -2.16. The number of anilines is 3. The van der Waals surface area contributed by atoms with Crippen LogP contribution in [0.4, 0.5) is 17.5 Å². The molecule has 0 radical (unpaired) electrons. The molecule has 0 aliphatic carbocycles. The summed E-state index contributed by atoms with van der Waals surface area (Å²) in [5, 5.41) is 22.7. The summed E-state index contributed by atoms with van der Waals surface area (Å²) in [4.78, 5) is 8.46. The van der Waals surface area contributed by atoms with Gasteiger partial charge in [0.2, 0.25) is 5.95 Å². The number of halogens is 1. The van der Waals surface area contributed by atoms with Crippen molar-refractivity contribution < 1.29 is 5.11 Å². The number of H-pyrrole nitrogens is 1. The van der Waals surface area contributed by atoms with Gasteiger partial charge < -0.3 is 15.7 Å². The van der Waals surface area contributed by atoms with Crippen LogP contribution >= 0.6 is 11.6 Å². The van der Waals surface area contributed by atoms with Gasteiger partial charge in [-0.25, -0.2) is 4.98 Å². The molecule has 3 aromatic rings. The van der Waals surface area contributed by atoms with Gasteiger partial charge in [-0.2, -0.15) is 10.1 Å². The number of aliphatic hydroxyl groups excluding tert-OH is 1. The molecular formula is C15H15ClN6O. The number of hydrogen-bond acceptors (Lipinski definition) is 6. The second-order valence-electron chi connectivity index (χ2n) is 4.79. The van der Waals surface area contributed by atoms with E-state index in [0.717, 1.165) is 11.3 Å². The Bertz CT molecular complexity index is 750. The van der Waals surface area contributed by atoms with Gasteiger partial charge in [-0.15, -0.1) is 0 Å². The quantitative estimate of drug-likeness (QED) is 0.554. The van der Waals surface area contributed by atoms with Gasteiger partial charge in [0.1, 0.15) is 5.02 Å². The van der Waals surface area contributed by atoms with E-state index in [4.69, 9.17) is 11.6 Å². The Balaban J connectivity index is 1.81.